The molecule has 0 saturated carbocycles. The molecule has 0 aliphatic carbocycles. The Bertz CT molecular complexity index is 799. The smallest absolute Gasteiger partial charge is 0.251 e. The zero-order chi connectivity index (χ0) is 18.0. The molecule has 132 valence electrons. The van der Waals surface area contributed by atoms with Crippen molar-refractivity contribution in [1.29, 1.82) is 0 Å². The summed E-state index contributed by atoms with van der Waals surface area (Å²) in [5.74, 6) is 0.471. The van der Waals surface area contributed by atoms with Crippen LogP contribution in [0.5, 0.6) is 0 Å². The minimum atomic E-state index is -0.180. The van der Waals surface area contributed by atoms with Gasteiger partial charge in [-0.1, -0.05) is 19.1 Å². The lowest BCUT2D eigenvalue weighted by molar-refractivity contribution is -0.127. The van der Waals surface area contributed by atoms with E-state index in [2.05, 4.69) is 10.4 Å². The van der Waals surface area contributed by atoms with Gasteiger partial charge in [0.05, 0.1) is 12.2 Å². The van der Waals surface area contributed by atoms with Gasteiger partial charge < -0.3 is 16.0 Å². The van der Waals surface area contributed by atoms with Crippen LogP contribution < -0.4 is 11.1 Å². The molecule has 7 nitrogen and oxygen atoms in total. The Morgan fingerprint density at radius 1 is 1.44 bits per heavy atom. The number of aromatic nitrogens is 2. The van der Waals surface area contributed by atoms with Gasteiger partial charge in [0.15, 0.2) is 0 Å². The summed E-state index contributed by atoms with van der Waals surface area (Å²) in [4.78, 5) is 26.3. The molecule has 0 bridgehead atoms. The maximum atomic E-state index is 12.6. The van der Waals surface area contributed by atoms with Crippen LogP contribution in [0.15, 0.2) is 30.5 Å². The number of carbonyl (C=O) groups excluding carboxylic acids is 2. The molecule has 1 aliphatic heterocycles. The first-order chi connectivity index (χ1) is 12.0. The Hall–Kier alpha value is -2.83. The molecule has 1 aliphatic rings. The molecule has 0 spiro atoms. The van der Waals surface area contributed by atoms with E-state index in [-0.39, 0.29) is 17.9 Å². The quantitative estimate of drug-likeness (QED) is 0.860. The van der Waals surface area contributed by atoms with Gasteiger partial charge in [0.2, 0.25) is 5.91 Å². The second kappa shape index (κ2) is 6.96. The Morgan fingerprint density at radius 3 is 2.92 bits per heavy atom. The van der Waals surface area contributed by atoms with E-state index < -0.39 is 0 Å². The molecule has 1 atom stereocenters. The van der Waals surface area contributed by atoms with Gasteiger partial charge in [0, 0.05) is 37.7 Å². The summed E-state index contributed by atoms with van der Waals surface area (Å²) in [5, 5.41) is 7.09. The summed E-state index contributed by atoms with van der Waals surface area (Å²) in [7, 11) is 1.77. The van der Waals surface area contributed by atoms with Crippen LogP contribution in [0, 0.1) is 0 Å². The molecule has 1 aromatic carbocycles. The predicted octanol–water partition coefficient (Wildman–Crippen LogP) is 1.41. The highest BCUT2D eigenvalue weighted by atomic mass is 16.2. The highest BCUT2D eigenvalue weighted by Crippen LogP contribution is 2.25. The minimum Gasteiger partial charge on any atom is -0.383 e. The summed E-state index contributed by atoms with van der Waals surface area (Å²) in [6.45, 7) is 3.35. The van der Waals surface area contributed by atoms with Crippen molar-refractivity contribution in [2.45, 2.75) is 25.8 Å². The number of rotatable bonds is 5. The van der Waals surface area contributed by atoms with E-state index >= 15 is 0 Å². The number of likely N-dealkylation sites (tertiary alicyclic amines) is 1. The monoisotopic (exact) mass is 341 g/mol. The van der Waals surface area contributed by atoms with Crippen LogP contribution in [0.1, 0.15) is 30.1 Å². The average molecular weight is 341 g/mol. The number of nitrogens with two attached hydrogens (primary N) is 1. The first kappa shape index (κ1) is 17.0. The largest absolute Gasteiger partial charge is 0.383 e. The van der Waals surface area contributed by atoms with Gasteiger partial charge in [-0.05, 0) is 24.1 Å². The van der Waals surface area contributed by atoms with E-state index in [4.69, 9.17) is 5.73 Å². The molecule has 1 aromatic heterocycles. The zero-order valence-electron chi connectivity index (χ0n) is 14.5. The normalized spacial score (nSPS) is 17.1. The Labute approximate surface area is 146 Å². The molecule has 2 aromatic rings. The number of benzene rings is 1. The van der Waals surface area contributed by atoms with E-state index in [0.29, 0.717) is 24.3 Å². The fourth-order valence-corrected chi connectivity index (χ4v) is 3.12. The van der Waals surface area contributed by atoms with Gasteiger partial charge in [0.25, 0.3) is 5.91 Å². The van der Waals surface area contributed by atoms with Crippen LogP contribution in [0.3, 0.4) is 0 Å². The van der Waals surface area contributed by atoms with Gasteiger partial charge >= 0.3 is 0 Å². The summed E-state index contributed by atoms with van der Waals surface area (Å²) >= 11 is 0. The number of aryl methyl sites for hydroxylation is 1. The summed E-state index contributed by atoms with van der Waals surface area (Å²) < 4.78 is 1.59. The SMILES string of the molecule is CCCN1C[C@H](NC(=O)c2cccc(-c3cnn(C)c3N)c2)CC1=O. The van der Waals surface area contributed by atoms with Crippen molar-refractivity contribution in [3.05, 3.63) is 36.0 Å². The molecule has 3 N–H and O–H groups in total. The molecular weight excluding hydrogens is 318 g/mol. The fraction of sp³-hybridized carbons (Fsp3) is 0.389. The third-order valence-electron chi connectivity index (χ3n) is 4.46. The second-order valence-corrected chi connectivity index (χ2v) is 6.36. The lowest BCUT2D eigenvalue weighted by Gasteiger charge is -2.16. The number of anilines is 1. The Morgan fingerprint density at radius 2 is 2.24 bits per heavy atom. The maximum Gasteiger partial charge on any atom is 0.251 e. The summed E-state index contributed by atoms with van der Waals surface area (Å²) in [6.07, 6.45) is 2.96. The van der Waals surface area contributed by atoms with Gasteiger partial charge in [-0.3, -0.25) is 14.3 Å². The fourth-order valence-electron chi connectivity index (χ4n) is 3.12. The lowest BCUT2D eigenvalue weighted by atomic mass is 10.0. The number of carbonyl (C=O) groups is 2. The number of nitrogens with one attached hydrogen (secondary N) is 1. The Kier molecular flexibility index (Phi) is 4.74. The van der Waals surface area contributed by atoms with E-state index in [1.54, 1.807) is 35.0 Å². The van der Waals surface area contributed by atoms with Crippen LogP contribution in [0.4, 0.5) is 5.82 Å². The van der Waals surface area contributed by atoms with Crippen LogP contribution in [-0.2, 0) is 11.8 Å². The third-order valence-corrected chi connectivity index (χ3v) is 4.46. The van der Waals surface area contributed by atoms with Crippen LogP contribution in [0.25, 0.3) is 11.1 Å². The van der Waals surface area contributed by atoms with Gasteiger partial charge in [-0.2, -0.15) is 5.10 Å². The van der Waals surface area contributed by atoms with E-state index in [0.717, 1.165) is 24.1 Å². The number of hydrogen-bond donors (Lipinski definition) is 2. The van der Waals surface area contributed by atoms with E-state index in [1.807, 2.05) is 19.1 Å². The Balaban J connectivity index is 1.72. The van der Waals surface area contributed by atoms with E-state index in [9.17, 15) is 9.59 Å². The second-order valence-electron chi connectivity index (χ2n) is 6.36. The highest BCUT2D eigenvalue weighted by molar-refractivity contribution is 5.96. The van der Waals surface area contributed by atoms with Gasteiger partial charge in [-0.25, -0.2) is 0 Å². The third kappa shape index (κ3) is 3.50. The lowest BCUT2D eigenvalue weighted by Crippen LogP contribution is -2.37. The van der Waals surface area contributed by atoms with Crippen molar-refractivity contribution >= 4 is 17.6 Å². The molecule has 3 rings (SSSR count). The summed E-state index contributed by atoms with van der Waals surface area (Å²) in [6, 6.07) is 7.13. The van der Waals surface area contributed by atoms with E-state index in [1.165, 1.54) is 0 Å². The van der Waals surface area contributed by atoms with Crippen molar-refractivity contribution in [2.24, 2.45) is 7.05 Å². The van der Waals surface area contributed by atoms with Crippen molar-refractivity contribution in [1.82, 2.24) is 20.0 Å². The van der Waals surface area contributed by atoms with Crippen LogP contribution >= 0.6 is 0 Å². The van der Waals surface area contributed by atoms with Gasteiger partial charge in [-0.15, -0.1) is 0 Å². The molecular formula is C18H23N5O2. The molecule has 1 saturated heterocycles. The van der Waals surface area contributed by atoms with Crippen LogP contribution in [0.2, 0.25) is 0 Å². The van der Waals surface area contributed by atoms with Gasteiger partial charge in [0.1, 0.15) is 5.82 Å². The standard InChI is InChI=1S/C18H23N5O2/c1-3-7-23-11-14(9-16(23)24)21-18(25)13-6-4-5-12(8-13)15-10-20-22(2)17(15)19/h4-6,8,10,14H,3,7,9,11,19H2,1-2H3,(H,21,25)/t14-/m1/s1. The minimum absolute atomic E-state index is 0.101. The topological polar surface area (TPSA) is 93.2 Å². The molecule has 0 radical (unpaired) electrons. The summed E-state index contributed by atoms with van der Waals surface area (Å²) in [5.41, 5.74) is 8.19. The number of amides is 2. The number of nitrogens with zero attached hydrogens (tertiary/aromatic N) is 3. The molecule has 1 fully saturated rings. The maximum absolute atomic E-state index is 12.6. The molecule has 0 unspecified atom stereocenters. The van der Waals surface area contributed by atoms with Crippen molar-refractivity contribution in [2.75, 3.05) is 18.8 Å². The molecule has 7 heteroatoms. The first-order valence-electron chi connectivity index (χ1n) is 8.46. The first-order valence-corrected chi connectivity index (χ1v) is 8.46. The zero-order valence-corrected chi connectivity index (χ0v) is 14.5. The van der Waals surface area contributed by atoms with Crippen LogP contribution in [-0.4, -0.2) is 45.6 Å². The number of hydrogen-bond acceptors (Lipinski definition) is 4. The average Bonchev–Trinajstić information content (AvgIpc) is 3.11. The molecule has 2 amide bonds. The molecule has 25 heavy (non-hydrogen) atoms. The van der Waals surface area contributed by atoms with Crippen molar-refractivity contribution < 1.29 is 9.59 Å². The van der Waals surface area contributed by atoms with Crippen molar-refractivity contribution in [3.63, 3.8) is 0 Å². The highest BCUT2D eigenvalue weighted by Gasteiger charge is 2.30. The predicted molar refractivity (Wildman–Crippen MR) is 95.8 cm³/mol. The molecule has 2 heterocycles. The number of nitrogen functional groups attached to an aromatic ring is 1. The van der Waals surface area contributed by atoms with Crippen molar-refractivity contribution in [3.8, 4) is 11.1 Å².